The van der Waals surface area contributed by atoms with Crippen molar-refractivity contribution >= 4 is 16.6 Å². The molecule has 0 atom stereocenters. The molecule has 3 heterocycles. The average Bonchev–Trinajstić information content (AvgIpc) is 2.99. The number of rotatable bonds is 1. The summed E-state index contributed by atoms with van der Waals surface area (Å²) in [6, 6.07) is 11.0. The summed E-state index contributed by atoms with van der Waals surface area (Å²) in [5, 5.41) is 4.93. The fourth-order valence-corrected chi connectivity index (χ4v) is 2.31. The number of pyridine rings is 1. The molecule has 1 aromatic carbocycles. The van der Waals surface area contributed by atoms with Crippen molar-refractivity contribution in [2.45, 2.75) is 6.18 Å². The molecule has 3 aromatic heterocycles. The minimum absolute atomic E-state index is 0.0626. The van der Waals surface area contributed by atoms with Crippen LogP contribution in [-0.4, -0.2) is 24.6 Å². The first-order valence-electron chi connectivity index (χ1n) is 6.67. The lowest BCUT2D eigenvalue weighted by Gasteiger charge is -2.05. The van der Waals surface area contributed by atoms with Crippen LogP contribution in [0.25, 0.3) is 28.1 Å². The first-order valence-corrected chi connectivity index (χ1v) is 6.67. The molecule has 114 valence electrons. The van der Waals surface area contributed by atoms with Crippen molar-refractivity contribution in [2.75, 3.05) is 0 Å². The van der Waals surface area contributed by atoms with Gasteiger partial charge in [-0.05, 0) is 24.3 Å². The Bertz CT molecular complexity index is 1020. The molecule has 0 aliphatic carbocycles. The van der Waals surface area contributed by atoms with Gasteiger partial charge in [0.1, 0.15) is 17.7 Å². The van der Waals surface area contributed by atoms with E-state index in [0.717, 1.165) is 17.0 Å². The quantitative estimate of drug-likeness (QED) is 0.540. The van der Waals surface area contributed by atoms with E-state index in [-0.39, 0.29) is 11.5 Å². The largest absolute Gasteiger partial charge is 0.433 e. The SMILES string of the molecule is FC(F)(F)c1cccc(-c2nc3c4ccccc4ncn3n2)n1. The van der Waals surface area contributed by atoms with Crippen LogP contribution >= 0.6 is 0 Å². The van der Waals surface area contributed by atoms with Crippen LogP contribution in [0.15, 0.2) is 48.8 Å². The third-order valence-corrected chi connectivity index (χ3v) is 3.35. The van der Waals surface area contributed by atoms with Gasteiger partial charge in [0.25, 0.3) is 0 Å². The summed E-state index contributed by atoms with van der Waals surface area (Å²) in [6.07, 6.45) is -3.04. The van der Waals surface area contributed by atoms with Crippen LogP contribution in [0.4, 0.5) is 13.2 Å². The smallest absolute Gasteiger partial charge is 0.240 e. The number of benzene rings is 1. The van der Waals surface area contributed by atoms with Crippen molar-refractivity contribution in [1.82, 2.24) is 24.6 Å². The summed E-state index contributed by atoms with van der Waals surface area (Å²) in [5.74, 6) is 0.120. The van der Waals surface area contributed by atoms with Gasteiger partial charge in [-0.15, -0.1) is 5.10 Å². The van der Waals surface area contributed by atoms with Gasteiger partial charge in [0.2, 0.25) is 5.82 Å². The fraction of sp³-hybridized carbons (Fsp3) is 0.0667. The Morgan fingerprint density at radius 3 is 2.57 bits per heavy atom. The molecule has 0 saturated heterocycles. The normalized spacial score (nSPS) is 12.1. The molecule has 0 bridgehead atoms. The van der Waals surface area contributed by atoms with E-state index in [4.69, 9.17) is 0 Å². The highest BCUT2D eigenvalue weighted by atomic mass is 19.4. The Balaban J connectivity index is 1.91. The second-order valence-corrected chi connectivity index (χ2v) is 4.87. The first kappa shape index (κ1) is 13.6. The summed E-state index contributed by atoms with van der Waals surface area (Å²) >= 11 is 0. The highest BCUT2D eigenvalue weighted by Crippen LogP contribution is 2.29. The zero-order valence-corrected chi connectivity index (χ0v) is 11.5. The molecule has 0 fully saturated rings. The zero-order valence-electron chi connectivity index (χ0n) is 11.5. The van der Waals surface area contributed by atoms with E-state index in [0.29, 0.717) is 5.65 Å². The zero-order chi connectivity index (χ0) is 16.0. The molecule has 0 N–H and O–H groups in total. The molecule has 0 aliphatic heterocycles. The van der Waals surface area contributed by atoms with Crippen LogP contribution in [0.3, 0.4) is 0 Å². The minimum Gasteiger partial charge on any atom is -0.240 e. The molecule has 8 heteroatoms. The van der Waals surface area contributed by atoms with Crippen molar-refractivity contribution < 1.29 is 13.2 Å². The summed E-state index contributed by atoms with van der Waals surface area (Å²) in [6.45, 7) is 0. The fourth-order valence-electron chi connectivity index (χ4n) is 2.31. The summed E-state index contributed by atoms with van der Waals surface area (Å²) < 4.78 is 39.8. The summed E-state index contributed by atoms with van der Waals surface area (Å²) in [7, 11) is 0. The van der Waals surface area contributed by atoms with Crippen molar-refractivity contribution in [1.29, 1.82) is 0 Å². The predicted octanol–water partition coefficient (Wildman–Crippen LogP) is 3.36. The third kappa shape index (κ3) is 2.28. The van der Waals surface area contributed by atoms with Gasteiger partial charge >= 0.3 is 6.18 Å². The van der Waals surface area contributed by atoms with E-state index in [2.05, 4.69) is 20.1 Å². The van der Waals surface area contributed by atoms with Crippen LogP contribution in [-0.2, 0) is 6.18 Å². The molecule has 0 aliphatic rings. The maximum atomic E-state index is 12.8. The molecule has 0 radical (unpaired) electrons. The molecule has 4 rings (SSSR count). The van der Waals surface area contributed by atoms with Gasteiger partial charge in [-0.25, -0.2) is 19.5 Å². The Morgan fingerprint density at radius 2 is 1.74 bits per heavy atom. The molecule has 5 nitrogen and oxygen atoms in total. The molecule has 4 aromatic rings. The van der Waals surface area contributed by atoms with Gasteiger partial charge in [-0.3, -0.25) is 0 Å². The molecule has 23 heavy (non-hydrogen) atoms. The molecule has 0 spiro atoms. The van der Waals surface area contributed by atoms with E-state index in [1.54, 1.807) is 0 Å². The number of nitrogens with zero attached hydrogens (tertiary/aromatic N) is 5. The van der Waals surface area contributed by atoms with Crippen LogP contribution < -0.4 is 0 Å². The number of hydrogen-bond donors (Lipinski definition) is 0. The molecule has 0 saturated carbocycles. The monoisotopic (exact) mass is 315 g/mol. The molecular formula is C15H8F3N5. The van der Waals surface area contributed by atoms with Crippen LogP contribution in [0.5, 0.6) is 0 Å². The Hall–Kier alpha value is -3.03. The van der Waals surface area contributed by atoms with Crippen molar-refractivity contribution in [3.8, 4) is 11.5 Å². The molecule has 0 amide bonds. The topological polar surface area (TPSA) is 56.0 Å². The van der Waals surface area contributed by atoms with Crippen molar-refractivity contribution in [2.24, 2.45) is 0 Å². The number of alkyl halides is 3. The van der Waals surface area contributed by atoms with Crippen molar-refractivity contribution in [3.63, 3.8) is 0 Å². The lowest BCUT2D eigenvalue weighted by Crippen LogP contribution is -2.08. The number of para-hydroxylation sites is 1. The standard InChI is InChI=1S/C15H8F3N5/c16-15(17,18)12-7-3-6-11(20-12)13-21-14-9-4-1-2-5-10(9)19-8-23(14)22-13/h1-8H. The maximum Gasteiger partial charge on any atom is 0.433 e. The Morgan fingerprint density at radius 1 is 0.913 bits per heavy atom. The van der Waals surface area contributed by atoms with E-state index in [9.17, 15) is 13.2 Å². The minimum atomic E-state index is -4.51. The Labute approximate surface area is 127 Å². The summed E-state index contributed by atoms with van der Waals surface area (Å²) in [5.41, 5.74) is 0.338. The van der Waals surface area contributed by atoms with Gasteiger partial charge in [-0.2, -0.15) is 13.2 Å². The van der Waals surface area contributed by atoms with Gasteiger partial charge in [-0.1, -0.05) is 18.2 Å². The molecular weight excluding hydrogens is 307 g/mol. The second-order valence-electron chi connectivity index (χ2n) is 4.87. The van der Waals surface area contributed by atoms with E-state index in [1.165, 1.54) is 23.0 Å². The van der Waals surface area contributed by atoms with E-state index >= 15 is 0 Å². The van der Waals surface area contributed by atoms with Crippen LogP contribution in [0, 0.1) is 0 Å². The van der Waals surface area contributed by atoms with Gasteiger partial charge in [0.15, 0.2) is 5.65 Å². The lowest BCUT2D eigenvalue weighted by atomic mass is 10.2. The highest BCUT2D eigenvalue weighted by Gasteiger charge is 2.32. The number of hydrogen-bond acceptors (Lipinski definition) is 4. The van der Waals surface area contributed by atoms with Crippen LogP contribution in [0.1, 0.15) is 5.69 Å². The van der Waals surface area contributed by atoms with E-state index < -0.39 is 11.9 Å². The lowest BCUT2D eigenvalue weighted by molar-refractivity contribution is -0.141. The maximum absolute atomic E-state index is 12.8. The first-order chi connectivity index (χ1) is 11.0. The van der Waals surface area contributed by atoms with Crippen molar-refractivity contribution in [3.05, 3.63) is 54.5 Å². The van der Waals surface area contributed by atoms with Gasteiger partial charge in [0, 0.05) is 5.39 Å². The summed E-state index contributed by atoms with van der Waals surface area (Å²) in [4.78, 5) is 12.2. The molecule has 0 unspecified atom stereocenters. The highest BCUT2D eigenvalue weighted by molar-refractivity contribution is 5.91. The predicted molar refractivity (Wildman–Crippen MR) is 76.5 cm³/mol. The van der Waals surface area contributed by atoms with E-state index in [1.807, 2.05) is 24.3 Å². The Kier molecular flexibility index (Phi) is 2.80. The third-order valence-electron chi connectivity index (χ3n) is 3.35. The van der Waals surface area contributed by atoms with Gasteiger partial charge in [0.05, 0.1) is 5.52 Å². The second kappa shape index (κ2) is 4.73. The number of halogens is 3. The van der Waals surface area contributed by atoms with Gasteiger partial charge < -0.3 is 0 Å². The number of aromatic nitrogens is 5. The number of fused-ring (bicyclic) bond motifs is 3. The average molecular weight is 315 g/mol. The van der Waals surface area contributed by atoms with Crippen LogP contribution in [0.2, 0.25) is 0 Å².